The van der Waals surface area contributed by atoms with Gasteiger partial charge in [-0.15, -0.1) is 0 Å². The summed E-state index contributed by atoms with van der Waals surface area (Å²) in [5.74, 6) is 0.796. The Bertz CT molecular complexity index is 472. The summed E-state index contributed by atoms with van der Waals surface area (Å²) in [6.45, 7) is 3.28. The molecule has 1 aliphatic heterocycles. The summed E-state index contributed by atoms with van der Waals surface area (Å²) >= 11 is 0. The van der Waals surface area contributed by atoms with Gasteiger partial charge in [-0.1, -0.05) is 0 Å². The molecule has 0 unspecified atom stereocenters. The van der Waals surface area contributed by atoms with Crippen molar-refractivity contribution in [3.05, 3.63) is 22.2 Å². The lowest BCUT2D eigenvalue weighted by molar-refractivity contribution is -0.385. The monoisotopic (exact) mass is 267 g/mol. The summed E-state index contributed by atoms with van der Waals surface area (Å²) in [5, 5.41) is 14.3. The highest BCUT2D eigenvalue weighted by Gasteiger charge is 2.23. The van der Waals surface area contributed by atoms with Crippen LogP contribution in [0.2, 0.25) is 0 Å². The normalized spacial score (nSPS) is 15.2. The van der Waals surface area contributed by atoms with Gasteiger partial charge in [-0.3, -0.25) is 10.1 Å². The molecule has 1 fully saturated rings. The number of nitrogens with one attached hydrogen (secondary N) is 1. The molecule has 2 rings (SSSR count). The van der Waals surface area contributed by atoms with E-state index in [9.17, 15) is 10.1 Å². The predicted octanol–water partition coefficient (Wildman–Crippen LogP) is 1.02. The maximum atomic E-state index is 11.1. The molecule has 1 saturated heterocycles. The number of benzene rings is 1. The number of ether oxygens (including phenoxy) is 2. The van der Waals surface area contributed by atoms with Gasteiger partial charge in [-0.05, 0) is 0 Å². The van der Waals surface area contributed by atoms with Crippen molar-refractivity contribution in [2.75, 3.05) is 45.3 Å². The van der Waals surface area contributed by atoms with E-state index in [1.54, 1.807) is 13.2 Å². The second-order valence-corrected chi connectivity index (χ2v) is 4.19. The highest BCUT2D eigenvalue weighted by molar-refractivity contribution is 5.68. The van der Waals surface area contributed by atoms with Crippen LogP contribution in [0.25, 0.3) is 0 Å². The summed E-state index contributed by atoms with van der Waals surface area (Å²) in [6.07, 6.45) is 0. The van der Waals surface area contributed by atoms with E-state index in [2.05, 4.69) is 10.2 Å². The number of rotatable bonds is 4. The number of hydrogen-bond acceptors (Lipinski definition) is 6. The zero-order valence-electron chi connectivity index (χ0n) is 11.0. The Kier molecular flexibility index (Phi) is 4.06. The summed E-state index contributed by atoms with van der Waals surface area (Å²) in [7, 11) is 2.96. The van der Waals surface area contributed by atoms with E-state index in [0.717, 1.165) is 31.9 Å². The maximum absolute atomic E-state index is 11.1. The Morgan fingerprint density at radius 2 is 1.84 bits per heavy atom. The number of hydrogen-bond donors (Lipinski definition) is 1. The Hall–Kier alpha value is -2.02. The summed E-state index contributed by atoms with van der Waals surface area (Å²) in [5.41, 5.74) is 0.688. The van der Waals surface area contributed by atoms with Gasteiger partial charge < -0.3 is 19.7 Å². The standard InChI is InChI=1S/C12H17N3O4/c1-18-11-8-12(19-2)10(15(16)17)7-9(11)14-5-3-13-4-6-14/h7-8,13H,3-6H2,1-2H3. The molecule has 0 aliphatic carbocycles. The number of nitrogens with zero attached hydrogens (tertiary/aromatic N) is 2. The molecule has 0 saturated carbocycles. The summed E-state index contributed by atoms with van der Waals surface area (Å²) < 4.78 is 10.4. The third-order valence-corrected chi connectivity index (χ3v) is 3.13. The molecule has 0 amide bonds. The second-order valence-electron chi connectivity index (χ2n) is 4.19. The smallest absolute Gasteiger partial charge is 0.313 e. The lowest BCUT2D eigenvalue weighted by atomic mass is 10.2. The number of anilines is 1. The zero-order chi connectivity index (χ0) is 13.8. The van der Waals surface area contributed by atoms with Crippen LogP contribution in [0.4, 0.5) is 11.4 Å². The van der Waals surface area contributed by atoms with Crippen molar-refractivity contribution in [2.45, 2.75) is 0 Å². The quantitative estimate of drug-likeness (QED) is 0.648. The van der Waals surface area contributed by atoms with E-state index in [1.165, 1.54) is 13.2 Å². The van der Waals surface area contributed by atoms with Crippen LogP contribution < -0.4 is 19.7 Å². The highest BCUT2D eigenvalue weighted by Crippen LogP contribution is 2.39. The van der Waals surface area contributed by atoms with Gasteiger partial charge in [0.1, 0.15) is 5.75 Å². The van der Waals surface area contributed by atoms with Crippen molar-refractivity contribution in [1.82, 2.24) is 5.32 Å². The SMILES string of the molecule is COc1cc(OC)c([N+](=O)[O-])cc1N1CCNCC1. The molecule has 1 aromatic carbocycles. The first-order valence-corrected chi connectivity index (χ1v) is 6.03. The first kappa shape index (κ1) is 13.4. The molecule has 0 atom stereocenters. The molecule has 7 nitrogen and oxygen atoms in total. The molecule has 104 valence electrons. The van der Waals surface area contributed by atoms with E-state index in [4.69, 9.17) is 9.47 Å². The molecule has 0 spiro atoms. The van der Waals surface area contributed by atoms with Gasteiger partial charge in [0.15, 0.2) is 0 Å². The minimum atomic E-state index is -0.441. The van der Waals surface area contributed by atoms with E-state index in [-0.39, 0.29) is 11.4 Å². The zero-order valence-corrected chi connectivity index (χ0v) is 11.0. The number of piperazine rings is 1. The summed E-state index contributed by atoms with van der Waals surface area (Å²) in [4.78, 5) is 12.7. The molecule has 1 N–H and O–H groups in total. The van der Waals surface area contributed by atoms with Crippen LogP contribution in [0, 0.1) is 10.1 Å². The highest BCUT2D eigenvalue weighted by atomic mass is 16.6. The average Bonchev–Trinajstić information content (AvgIpc) is 2.46. The van der Waals surface area contributed by atoms with Gasteiger partial charge in [-0.25, -0.2) is 0 Å². The molecule has 19 heavy (non-hydrogen) atoms. The average molecular weight is 267 g/mol. The number of nitro groups is 1. The fourth-order valence-electron chi connectivity index (χ4n) is 2.16. The van der Waals surface area contributed by atoms with Crippen molar-refractivity contribution in [1.29, 1.82) is 0 Å². The molecular weight excluding hydrogens is 250 g/mol. The molecular formula is C12H17N3O4. The van der Waals surface area contributed by atoms with Crippen molar-refractivity contribution in [2.24, 2.45) is 0 Å². The maximum Gasteiger partial charge on any atom is 0.313 e. The molecule has 1 aromatic rings. The second kappa shape index (κ2) is 5.75. The van der Waals surface area contributed by atoms with Crippen molar-refractivity contribution >= 4 is 11.4 Å². The Balaban J connectivity index is 2.45. The number of nitro benzene ring substituents is 1. The minimum absolute atomic E-state index is 0.0446. The van der Waals surface area contributed by atoms with Gasteiger partial charge in [0.2, 0.25) is 5.75 Å². The molecule has 7 heteroatoms. The van der Waals surface area contributed by atoms with Crippen LogP contribution in [0.15, 0.2) is 12.1 Å². The fraction of sp³-hybridized carbons (Fsp3) is 0.500. The molecule has 1 heterocycles. The third-order valence-electron chi connectivity index (χ3n) is 3.13. The van der Waals surface area contributed by atoms with Crippen LogP contribution in [0.5, 0.6) is 11.5 Å². The van der Waals surface area contributed by atoms with Crippen molar-refractivity contribution < 1.29 is 14.4 Å². The van der Waals surface area contributed by atoms with Gasteiger partial charge in [0.25, 0.3) is 0 Å². The first-order chi connectivity index (χ1) is 9.17. The third kappa shape index (κ3) is 2.70. The van der Waals surface area contributed by atoms with Crippen LogP contribution in [-0.2, 0) is 0 Å². The largest absolute Gasteiger partial charge is 0.494 e. The first-order valence-electron chi connectivity index (χ1n) is 6.03. The van der Waals surface area contributed by atoms with Gasteiger partial charge in [0, 0.05) is 38.3 Å². The lowest BCUT2D eigenvalue weighted by Gasteiger charge is -2.30. The molecule has 0 radical (unpaired) electrons. The minimum Gasteiger partial charge on any atom is -0.494 e. The van der Waals surface area contributed by atoms with Crippen LogP contribution in [0.3, 0.4) is 0 Å². The predicted molar refractivity (Wildman–Crippen MR) is 71.3 cm³/mol. The lowest BCUT2D eigenvalue weighted by Crippen LogP contribution is -2.43. The Labute approximate surface area is 111 Å². The van der Waals surface area contributed by atoms with E-state index >= 15 is 0 Å². The van der Waals surface area contributed by atoms with Crippen LogP contribution in [0.1, 0.15) is 0 Å². The van der Waals surface area contributed by atoms with Crippen molar-refractivity contribution in [3.8, 4) is 11.5 Å². The Morgan fingerprint density at radius 3 is 2.37 bits per heavy atom. The Morgan fingerprint density at radius 1 is 1.21 bits per heavy atom. The van der Waals surface area contributed by atoms with E-state index in [0.29, 0.717) is 5.75 Å². The van der Waals surface area contributed by atoms with Gasteiger partial charge >= 0.3 is 5.69 Å². The topological polar surface area (TPSA) is 76.9 Å². The van der Waals surface area contributed by atoms with Crippen LogP contribution in [-0.4, -0.2) is 45.3 Å². The number of methoxy groups -OCH3 is 2. The molecule has 1 aliphatic rings. The summed E-state index contributed by atoms with van der Waals surface area (Å²) in [6, 6.07) is 3.08. The van der Waals surface area contributed by atoms with Crippen molar-refractivity contribution in [3.63, 3.8) is 0 Å². The van der Waals surface area contributed by atoms with E-state index in [1.807, 2.05) is 0 Å². The molecule has 0 aromatic heterocycles. The molecule has 0 bridgehead atoms. The van der Waals surface area contributed by atoms with Crippen LogP contribution >= 0.6 is 0 Å². The van der Waals surface area contributed by atoms with Gasteiger partial charge in [0.05, 0.1) is 24.8 Å². The fourth-order valence-corrected chi connectivity index (χ4v) is 2.16. The van der Waals surface area contributed by atoms with E-state index < -0.39 is 4.92 Å². The van der Waals surface area contributed by atoms with Gasteiger partial charge in [-0.2, -0.15) is 0 Å².